The number of hydrogen-bond donors (Lipinski definition) is 0. The Kier molecular flexibility index (Phi) is 3.41. The Labute approximate surface area is 113 Å². The first-order valence-electron chi connectivity index (χ1n) is 7.26. The van der Waals surface area contributed by atoms with Crippen molar-refractivity contribution in [3.05, 3.63) is 35.6 Å². The fourth-order valence-corrected chi connectivity index (χ4v) is 3.05. The first kappa shape index (κ1) is 12.5. The number of aryl methyl sites for hydroxylation is 1. The Morgan fingerprint density at radius 2 is 2.00 bits per heavy atom. The minimum atomic E-state index is 0.167. The van der Waals surface area contributed by atoms with Gasteiger partial charge in [-0.2, -0.15) is 0 Å². The van der Waals surface area contributed by atoms with E-state index in [0.29, 0.717) is 18.1 Å². The summed E-state index contributed by atoms with van der Waals surface area (Å²) in [7, 11) is 0. The molecule has 1 saturated carbocycles. The van der Waals surface area contributed by atoms with E-state index in [0.717, 1.165) is 11.0 Å². The minimum absolute atomic E-state index is 0.167. The highest BCUT2D eigenvalue weighted by Gasteiger charge is 2.20. The van der Waals surface area contributed by atoms with Crippen molar-refractivity contribution in [2.45, 2.75) is 45.4 Å². The first-order chi connectivity index (χ1) is 9.22. The minimum Gasteiger partial charge on any atom is -0.453 e. The molecule has 0 atom stereocenters. The molecule has 100 valence electrons. The molecule has 1 aromatic heterocycles. The molecule has 0 unspecified atom stereocenters. The van der Waals surface area contributed by atoms with E-state index in [4.69, 9.17) is 4.42 Å². The quantitative estimate of drug-likeness (QED) is 0.731. The number of benzene rings is 1. The van der Waals surface area contributed by atoms with Gasteiger partial charge < -0.3 is 4.42 Å². The molecule has 2 nitrogen and oxygen atoms in total. The summed E-state index contributed by atoms with van der Waals surface area (Å²) in [6, 6.07) is 7.92. The van der Waals surface area contributed by atoms with Gasteiger partial charge in [-0.1, -0.05) is 43.7 Å². The fraction of sp³-hybridized carbons (Fsp3) is 0.471. The van der Waals surface area contributed by atoms with Gasteiger partial charge in [0.25, 0.3) is 0 Å². The summed E-state index contributed by atoms with van der Waals surface area (Å²) in [6.07, 6.45) is 6.93. The zero-order chi connectivity index (χ0) is 13.2. The van der Waals surface area contributed by atoms with E-state index >= 15 is 0 Å². The molecule has 1 aliphatic carbocycles. The van der Waals surface area contributed by atoms with E-state index in [-0.39, 0.29) is 5.78 Å². The Bertz CT molecular complexity index is 588. The molecule has 0 aliphatic heterocycles. The maximum Gasteiger partial charge on any atom is 0.198 e. The van der Waals surface area contributed by atoms with Crippen molar-refractivity contribution < 1.29 is 9.21 Å². The molecule has 19 heavy (non-hydrogen) atoms. The van der Waals surface area contributed by atoms with Crippen molar-refractivity contribution >= 4 is 16.8 Å². The molecule has 1 fully saturated rings. The summed E-state index contributed by atoms with van der Waals surface area (Å²) in [5.41, 5.74) is 2.01. The highest BCUT2D eigenvalue weighted by Crippen LogP contribution is 2.29. The molecule has 3 rings (SSSR count). The topological polar surface area (TPSA) is 30.2 Å². The van der Waals surface area contributed by atoms with Crippen molar-refractivity contribution in [1.29, 1.82) is 0 Å². The summed E-state index contributed by atoms with van der Waals surface area (Å²) in [4.78, 5) is 12.3. The van der Waals surface area contributed by atoms with Crippen molar-refractivity contribution in [1.82, 2.24) is 0 Å². The smallest absolute Gasteiger partial charge is 0.198 e. The Hall–Kier alpha value is -1.57. The van der Waals surface area contributed by atoms with Crippen molar-refractivity contribution in [3.8, 4) is 0 Å². The predicted octanol–water partition coefficient (Wildman–Crippen LogP) is 4.89. The summed E-state index contributed by atoms with van der Waals surface area (Å²) >= 11 is 0. The Balaban J connectivity index is 1.77. The van der Waals surface area contributed by atoms with Crippen LogP contribution in [0.15, 0.2) is 28.7 Å². The first-order valence-corrected chi connectivity index (χ1v) is 7.26. The molecule has 1 aliphatic rings. The van der Waals surface area contributed by atoms with Gasteiger partial charge in [-0.05, 0) is 31.0 Å². The molecule has 1 aromatic carbocycles. The molecule has 0 N–H and O–H groups in total. The van der Waals surface area contributed by atoms with Gasteiger partial charge in [0.2, 0.25) is 0 Å². The Morgan fingerprint density at radius 1 is 1.21 bits per heavy atom. The number of fused-ring (bicyclic) bond motifs is 1. The zero-order valence-electron chi connectivity index (χ0n) is 11.4. The predicted molar refractivity (Wildman–Crippen MR) is 76.5 cm³/mol. The van der Waals surface area contributed by atoms with Crippen LogP contribution in [0, 0.1) is 12.8 Å². The van der Waals surface area contributed by atoms with Gasteiger partial charge in [-0.15, -0.1) is 0 Å². The summed E-state index contributed by atoms with van der Waals surface area (Å²) in [6.45, 7) is 2.05. The lowest BCUT2D eigenvalue weighted by molar-refractivity contribution is 0.0925. The van der Waals surface area contributed by atoms with Gasteiger partial charge in [0.15, 0.2) is 11.5 Å². The van der Waals surface area contributed by atoms with E-state index in [1.807, 2.05) is 18.2 Å². The van der Waals surface area contributed by atoms with Gasteiger partial charge >= 0.3 is 0 Å². The van der Waals surface area contributed by atoms with Crippen molar-refractivity contribution in [2.24, 2.45) is 5.92 Å². The molecule has 0 spiro atoms. The van der Waals surface area contributed by atoms with Crippen LogP contribution in [0.5, 0.6) is 0 Å². The SMILES string of the molecule is Cc1ccc2oc(C(=O)CC3CCCCC3)cc2c1. The number of Topliss-reactive ketones (excluding diaryl/α,β-unsaturated/α-hetero) is 1. The maximum atomic E-state index is 12.3. The van der Waals surface area contributed by atoms with Crippen LogP contribution in [0.25, 0.3) is 11.0 Å². The van der Waals surface area contributed by atoms with E-state index in [1.54, 1.807) is 0 Å². The molecule has 0 saturated heterocycles. The lowest BCUT2D eigenvalue weighted by Gasteiger charge is -2.20. The van der Waals surface area contributed by atoms with Gasteiger partial charge in [0, 0.05) is 11.8 Å². The van der Waals surface area contributed by atoms with Crippen LogP contribution in [-0.4, -0.2) is 5.78 Å². The van der Waals surface area contributed by atoms with E-state index in [9.17, 15) is 4.79 Å². The summed E-state index contributed by atoms with van der Waals surface area (Å²) in [5, 5.41) is 1.03. The lowest BCUT2D eigenvalue weighted by atomic mass is 9.85. The molecule has 0 amide bonds. The third kappa shape index (κ3) is 2.73. The zero-order valence-corrected chi connectivity index (χ0v) is 11.4. The van der Waals surface area contributed by atoms with E-state index < -0.39 is 0 Å². The molecule has 0 radical (unpaired) electrons. The average Bonchev–Trinajstić information content (AvgIpc) is 2.83. The Morgan fingerprint density at radius 3 is 2.79 bits per heavy atom. The number of hydrogen-bond acceptors (Lipinski definition) is 2. The van der Waals surface area contributed by atoms with E-state index in [1.165, 1.54) is 37.7 Å². The lowest BCUT2D eigenvalue weighted by Crippen LogP contribution is -2.11. The van der Waals surface area contributed by atoms with Crippen molar-refractivity contribution in [3.63, 3.8) is 0 Å². The number of rotatable bonds is 3. The molecule has 1 heterocycles. The van der Waals surface area contributed by atoms with Crippen LogP contribution in [0.4, 0.5) is 0 Å². The highest BCUT2D eigenvalue weighted by molar-refractivity contribution is 5.97. The van der Waals surface area contributed by atoms with Crippen LogP contribution in [0.3, 0.4) is 0 Å². The second kappa shape index (κ2) is 5.20. The van der Waals surface area contributed by atoms with Crippen molar-refractivity contribution in [2.75, 3.05) is 0 Å². The van der Waals surface area contributed by atoms with Gasteiger partial charge in [-0.25, -0.2) is 0 Å². The van der Waals surface area contributed by atoms with Crippen LogP contribution < -0.4 is 0 Å². The number of ketones is 1. The molecule has 0 bridgehead atoms. The number of carbonyl (C=O) groups excluding carboxylic acids is 1. The van der Waals surface area contributed by atoms with Crippen LogP contribution in [-0.2, 0) is 0 Å². The van der Waals surface area contributed by atoms with E-state index in [2.05, 4.69) is 13.0 Å². The number of carbonyl (C=O) groups is 1. The second-order valence-corrected chi connectivity index (χ2v) is 5.78. The largest absolute Gasteiger partial charge is 0.453 e. The summed E-state index contributed by atoms with van der Waals surface area (Å²) < 4.78 is 5.68. The third-order valence-corrected chi connectivity index (χ3v) is 4.15. The normalized spacial score (nSPS) is 16.9. The van der Waals surface area contributed by atoms with Crippen LogP contribution in [0.1, 0.15) is 54.6 Å². The van der Waals surface area contributed by atoms with Gasteiger partial charge in [0.1, 0.15) is 5.58 Å². The molecular weight excluding hydrogens is 236 g/mol. The molecular formula is C17H20O2. The number of furan rings is 1. The van der Waals surface area contributed by atoms with Gasteiger partial charge in [-0.3, -0.25) is 4.79 Å². The molecule has 2 aromatic rings. The fourth-order valence-electron chi connectivity index (χ4n) is 3.05. The monoisotopic (exact) mass is 256 g/mol. The van der Waals surface area contributed by atoms with Crippen LogP contribution >= 0.6 is 0 Å². The summed E-state index contributed by atoms with van der Waals surface area (Å²) in [5.74, 6) is 1.27. The standard InChI is InChI=1S/C17H20O2/c1-12-7-8-16-14(9-12)11-17(19-16)15(18)10-13-5-3-2-4-6-13/h7-9,11,13H,2-6,10H2,1H3. The third-order valence-electron chi connectivity index (χ3n) is 4.15. The van der Waals surface area contributed by atoms with Crippen LogP contribution in [0.2, 0.25) is 0 Å². The molecule has 2 heteroatoms. The second-order valence-electron chi connectivity index (χ2n) is 5.78. The average molecular weight is 256 g/mol. The highest BCUT2D eigenvalue weighted by atomic mass is 16.3. The maximum absolute atomic E-state index is 12.3. The van der Waals surface area contributed by atoms with Gasteiger partial charge in [0.05, 0.1) is 0 Å².